The Morgan fingerprint density at radius 3 is 2.43 bits per heavy atom. The molecule has 1 aromatic heterocycles. The predicted molar refractivity (Wildman–Crippen MR) is 107 cm³/mol. The fourth-order valence-electron chi connectivity index (χ4n) is 2.97. The van der Waals surface area contributed by atoms with Gasteiger partial charge in [-0.1, -0.05) is 11.3 Å². The first-order chi connectivity index (χ1) is 13.6. The number of nitrogens with zero attached hydrogens (tertiary/aromatic N) is 1. The third-order valence-corrected chi connectivity index (χ3v) is 5.28. The molecule has 0 saturated heterocycles. The Hall–Kier alpha value is -3.00. The molecule has 0 radical (unpaired) electrons. The number of hydrogen-bond acceptors (Lipinski definition) is 7. The average Bonchev–Trinajstić information content (AvgIpc) is 3.10. The number of ether oxygens (including phenoxy) is 4. The summed E-state index contributed by atoms with van der Waals surface area (Å²) in [5.74, 6) is 2.71. The number of rotatable bonds is 6. The molecular formula is C20H20N2O5S. The maximum absolute atomic E-state index is 12.4. The van der Waals surface area contributed by atoms with E-state index in [1.165, 1.54) is 11.3 Å². The molecule has 3 aromatic rings. The Bertz CT molecular complexity index is 952. The van der Waals surface area contributed by atoms with Gasteiger partial charge in [0.15, 0.2) is 16.6 Å². The van der Waals surface area contributed by atoms with E-state index < -0.39 is 0 Å². The van der Waals surface area contributed by atoms with Crippen LogP contribution >= 0.6 is 11.3 Å². The van der Waals surface area contributed by atoms with Gasteiger partial charge in [-0.05, 0) is 24.1 Å². The van der Waals surface area contributed by atoms with E-state index in [1.54, 1.807) is 20.3 Å². The number of carbonyl (C=O) groups is 1. The molecule has 0 spiro atoms. The number of hydrogen-bond donors (Lipinski definition) is 1. The molecule has 146 valence electrons. The molecule has 0 saturated carbocycles. The number of amides is 1. The zero-order valence-electron chi connectivity index (χ0n) is 15.6. The van der Waals surface area contributed by atoms with Gasteiger partial charge in [-0.2, -0.15) is 0 Å². The first kappa shape index (κ1) is 18.4. The standard InChI is InChI=1S/C20H20N2O5S/c1-24-13-7-12(8-14(9-13)25-2)3-4-19(23)22-20-21-15-10-16-17(11-18(15)28-20)27-6-5-26-16/h7-11H,3-6H2,1-2H3,(H,21,22,23). The third-order valence-electron chi connectivity index (χ3n) is 4.35. The highest BCUT2D eigenvalue weighted by atomic mass is 32.1. The fraction of sp³-hybridized carbons (Fsp3) is 0.300. The third kappa shape index (κ3) is 3.96. The molecule has 0 bridgehead atoms. The molecule has 0 fully saturated rings. The van der Waals surface area contributed by atoms with Crippen LogP contribution in [0.25, 0.3) is 10.2 Å². The lowest BCUT2D eigenvalue weighted by molar-refractivity contribution is -0.116. The van der Waals surface area contributed by atoms with E-state index in [2.05, 4.69) is 10.3 Å². The Morgan fingerprint density at radius 2 is 1.75 bits per heavy atom. The lowest BCUT2D eigenvalue weighted by Crippen LogP contribution is -2.15. The second-order valence-electron chi connectivity index (χ2n) is 6.25. The summed E-state index contributed by atoms with van der Waals surface area (Å²) < 4.78 is 22.6. The quantitative estimate of drug-likeness (QED) is 0.680. The summed E-state index contributed by atoms with van der Waals surface area (Å²) >= 11 is 1.41. The summed E-state index contributed by atoms with van der Waals surface area (Å²) in [6, 6.07) is 9.35. The Labute approximate surface area is 166 Å². The normalized spacial score (nSPS) is 12.6. The van der Waals surface area contributed by atoms with Crippen LogP contribution in [-0.2, 0) is 11.2 Å². The summed E-state index contributed by atoms with van der Waals surface area (Å²) in [4.78, 5) is 16.9. The summed E-state index contributed by atoms with van der Waals surface area (Å²) in [5, 5.41) is 3.43. The van der Waals surface area contributed by atoms with Crippen molar-refractivity contribution in [3.05, 3.63) is 35.9 Å². The van der Waals surface area contributed by atoms with Crippen LogP contribution < -0.4 is 24.3 Å². The van der Waals surface area contributed by atoms with Crippen LogP contribution in [0.1, 0.15) is 12.0 Å². The van der Waals surface area contributed by atoms with Crippen molar-refractivity contribution in [2.75, 3.05) is 32.8 Å². The first-order valence-corrected chi connectivity index (χ1v) is 9.68. The Morgan fingerprint density at radius 1 is 1.07 bits per heavy atom. The van der Waals surface area contributed by atoms with E-state index in [9.17, 15) is 4.79 Å². The first-order valence-electron chi connectivity index (χ1n) is 8.86. The van der Waals surface area contributed by atoms with Gasteiger partial charge in [0.1, 0.15) is 24.7 Å². The van der Waals surface area contributed by atoms with Crippen LogP contribution in [0.4, 0.5) is 5.13 Å². The molecule has 1 N–H and O–H groups in total. The molecule has 8 heteroatoms. The van der Waals surface area contributed by atoms with E-state index in [0.29, 0.717) is 54.2 Å². The van der Waals surface area contributed by atoms with E-state index in [-0.39, 0.29) is 5.91 Å². The lowest BCUT2D eigenvalue weighted by Gasteiger charge is -2.17. The molecule has 1 aliphatic heterocycles. The molecular weight excluding hydrogens is 380 g/mol. The number of aryl methyl sites for hydroxylation is 1. The van der Waals surface area contributed by atoms with Gasteiger partial charge in [0.05, 0.1) is 24.4 Å². The van der Waals surface area contributed by atoms with Crippen LogP contribution in [0.5, 0.6) is 23.0 Å². The van der Waals surface area contributed by atoms with Crippen LogP contribution in [-0.4, -0.2) is 38.3 Å². The second-order valence-corrected chi connectivity index (χ2v) is 7.28. The highest BCUT2D eigenvalue weighted by molar-refractivity contribution is 7.22. The van der Waals surface area contributed by atoms with Crippen molar-refractivity contribution in [2.45, 2.75) is 12.8 Å². The van der Waals surface area contributed by atoms with Crippen molar-refractivity contribution in [1.82, 2.24) is 4.98 Å². The highest BCUT2D eigenvalue weighted by Crippen LogP contribution is 2.37. The smallest absolute Gasteiger partial charge is 0.226 e. The summed E-state index contributed by atoms with van der Waals surface area (Å²) in [7, 11) is 3.21. The van der Waals surface area contributed by atoms with Crippen LogP contribution in [0.3, 0.4) is 0 Å². The van der Waals surface area contributed by atoms with E-state index in [4.69, 9.17) is 18.9 Å². The average molecular weight is 400 g/mol. The monoisotopic (exact) mass is 400 g/mol. The van der Waals surface area contributed by atoms with Crippen molar-refractivity contribution in [3.63, 3.8) is 0 Å². The summed E-state index contributed by atoms with van der Waals surface area (Å²) in [6.07, 6.45) is 0.898. The number of methoxy groups -OCH3 is 2. The van der Waals surface area contributed by atoms with E-state index >= 15 is 0 Å². The minimum Gasteiger partial charge on any atom is -0.497 e. The van der Waals surface area contributed by atoms with Crippen LogP contribution in [0.2, 0.25) is 0 Å². The minimum absolute atomic E-state index is 0.0990. The molecule has 28 heavy (non-hydrogen) atoms. The lowest BCUT2D eigenvalue weighted by atomic mass is 10.1. The topological polar surface area (TPSA) is 78.9 Å². The number of carbonyl (C=O) groups excluding carboxylic acids is 1. The van der Waals surface area contributed by atoms with Gasteiger partial charge in [0, 0.05) is 24.6 Å². The van der Waals surface area contributed by atoms with Gasteiger partial charge in [-0.25, -0.2) is 4.98 Å². The Kier molecular flexibility index (Phi) is 5.21. The molecule has 1 aliphatic rings. The number of aromatic nitrogens is 1. The summed E-state index contributed by atoms with van der Waals surface area (Å²) in [6.45, 7) is 1.07. The van der Waals surface area contributed by atoms with Crippen molar-refractivity contribution in [3.8, 4) is 23.0 Å². The van der Waals surface area contributed by atoms with Crippen LogP contribution in [0, 0.1) is 0 Å². The number of thiazole rings is 1. The molecule has 2 aromatic carbocycles. The van der Waals surface area contributed by atoms with Crippen molar-refractivity contribution in [1.29, 1.82) is 0 Å². The summed E-state index contributed by atoms with van der Waals surface area (Å²) in [5.41, 5.74) is 1.75. The molecule has 0 aliphatic carbocycles. The fourth-order valence-corrected chi connectivity index (χ4v) is 3.86. The molecule has 0 atom stereocenters. The van der Waals surface area contributed by atoms with E-state index in [0.717, 1.165) is 15.8 Å². The molecule has 1 amide bonds. The van der Waals surface area contributed by atoms with Crippen LogP contribution in [0.15, 0.2) is 30.3 Å². The van der Waals surface area contributed by atoms with Crippen molar-refractivity contribution >= 4 is 32.6 Å². The van der Waals surface area contributed by atoms with Gasteiger partial charge in [0.25, 0.3) is 0 Å². The van der Waals surface area contributed by atoms with Gasteiger partial charge >= 0.3 is 0 Å². The van der Waals surface area contributed by atoms with Crippen molar-refractivity contribution in [2.24, 2.45) is 0 Å². The van der Waals surface area contributed by atoms with Gasteiger partial charge in [0.2, 0.25) is 5.91 Å². The number of fused-ring (bicyclic) bond motifs is 2. The SMILES string of the molecule is COc1cc(CCC(=O)Nc2nc3cc4c(cc3s2)OCCO4)cc(OC)c1. The number of nitrogens with one attached hydrogen (secondary N) is 1. The predicted octanol–water partition coefficient (Wildman–Crippen LogP) is 3.66. The zero-order chi connectivity index (χ0) is 19.5. The molecule has 7 nitrogen and oxygen atoms in total. The van der Waals surface area contributed by atoms with E-state index in [1.807, 2.05) is 24.3 Å². The van der Waals surface area contributed by atoms with Gasteiger partial charge in [-0.15, -0.1) is 0 Å². The Balaban J connectivity index is 1.42. The molecule has 0 unspecified atom stereocenters. The highest BCUT2D eigenvalue weighted by Gasteiger charge is 2.16. The second kappa shape index (κ2) is 7.93. The number of anilines is 1. The maximum Gasteiger partial charge on any atom is 0.226 e. The maximum atomic E-state index is 12.4. The molecule has 2 heterocycles. The zero-order valence-corrected chi connectivity index (χ0v) is 16.4. The number of benzene rings is 2. The largest absolute Gasteiger partial charge is 0.497 e. The molecule has 4 rings (SSSR count). The van der Waals surface area contributed by atoms with Crippen molar-refractivity contribution < 1.29 is 23.7 Å². The van der Waals surface area contributed by atoms with Gasteiger partial charge < -0.3 is 24.3 Å². The minimum atomic E-state index is -0.0990. The van der Waals surface area contributed by atoms with Gasteiger partial charge in [-0.3, -0.25) is 4.79 Å².